The molecule has 0 spiro atoms. The van der Waals surface area contributed by atoms with Crippen molar-refractivity contribution in [3.05, 3.63) is 52.7 Å². The van der Waals surface area contributed by atoms with E-state index in [0.29, 0.717) is 17.3 Å². The normalized spacial score (nSPS) is 14.6. The average molecular weight is 395 g/mol. The van der Waals surface area contributed by atoms with E-state index < -0.39 is 11.9 Å². The van der Waals surface area contributed by atoms with E-state index in [4.69, 9.17) is 10.5 Å². The number of halogens is 1. The number of aryl methyl sites for hydroxylation is 1. The first-order valence-electron chi connectivity index (χ1n) is 8.76. The van der Waals surface area contributed by atoms with E-state index in [1.165, 1.54) is 17.2 Å². The quantitative estimate of drug-likeness (QED) is 0.512. The van der Waals surface area contributed by atoms with Crippen molar-refractivity contribution in [1.82, 2.24) is 24.9 Å². The molecule has 4 rings (SSSR count). The molecule has 0 saturated heterocycles. The van der Waals surface area contributed by atoms with Crippen LogP contribution in [0.4, 0.5) is 16.2 Å². The molecule has 3 N–H and O–H groups in total. The molecule has 3 aromatic heterocycles. The fraction of sp³-hybridized carbons (Fsp3) is 0.211. The second-order valence-electron chi connectivity index (χ2n) is 6.54. The number of methoxy groups -OCH3 is 1. The Balaban J connectivity index is 1.83. The van der Waals surface area contributed by atoms with Crippen LogP contribution in [0.1, 0.15) is 28.2 Å². The van der Waals surface area contributed by atoms with Gasteiger partial charge in [0.15, 0.2) is 5.82 Å². The zero-order chi connectivity index (χ0) is 20.7. The van der Waals surface area contributed by atoms with Crippen LogP contribution in [0.25, 0.3) is 11.6 Å². The van der Waals surface area contributed by atoms with Gasteiger partial charge in [0, 0.05) is 29.7 Å². The first-order valence-corrected chi connectivity index (χ1v) is 8.76. The monoisotopic (exact) mass is 395 g/mol. The number of aromatic amines is 1. The van der Waals surface area contributed by atoms with Gasteiger partial charge in [-0.1, -0.05) is 0 Å². The van der Waals surface area contributed by atoms with Crippen molar-refractivity contribution in [2.24, 2.45) is 0 Å². The van der Waals surface area contributed by atoms with Crippen LogP contribution in [0.15, 0.2) is 18.6 Å². The molecular formula is C19H18FN7O2. The highest BCUT2D eigenvalue weighted by molar-refractivity contribution is 6.35. The Morgan fingerprint density at radius 2 is 2.10 bits per heavy atom. The fourth-order valence-electron chi connectivity index (χ4n) is 3.37. The number of carbonyl (C=O) groups excluding carboxylic acids is 1. The number of nitrogen functional groups attached to an aromatic ring is 1. The summed E-state index contributed by atoms with van der Waals surface area (Å²) in [4.78, 5) is 33.5. The Bertz CT molecular complexity index is 1140. The molecule has 0 unspecified atom stereocenters. The number of rotatable bonds is 4. The number of ether oxygens (including phenoxy) is 1. The third kappa shape index (κ3) is 3.08. The number of imidazole rings is 1. The highest BCUT2D eigenvalue weighted by Crippen LogP contribution is 2.39. The summed E-state index contributed by atoms with van der Waals surface area (Å²) in [5.74, 6) is -0.392. The van der Waals surface area contributed by atoms with Crippen LogP contribution in [0.3, 0.4) is 0 Å². The molecule has 0 aliphatic carbocycles. The molecule has 10 heteroatoms. The average Bonchev–Trinajstić information content (AvgIpc) is 3.27. The summed E-state index contributed by atoms with van der Waals surface area (Å²) in [6, 6.07) is 0. The van der Waals surface area contributed by atoms with E-state index in [0.717, 1.165) is 11.1 Å². The summed E-state index contributed by atoms with van der Waals surface area (Å²) in [5, 5.41) is 0. The molecule has 9 nitrogen and oxygen atoms in total. The van der Waals surface area contributed by atoms with Gasteiger partial charge in [-0.15, -0.1) is 0 Å². The number of hydrogen-bond donors (Lipinski definition) is 2. The van der Waals surface area contributed by atoms with Crippen LogP contribution in [0.2, 0.25) is 0 Å². The highest BCUT2D eigenvalue weighted by atomic mass is 19.1. The number of nitrogens with two attached hydrogens (primary N) is 1. The summed E-state index contributed by atoms with van der Waals surface area (Å²) in [6.45, 7) is 3.80. The topological polar surface area (TPSA) is 123 Å². The van der Waals surface area contributed by atoms with Gasteiger partial charge in [-0.05, 0) is 19.9 Å². The molecular weight excluding hydrogens is 377 g/mol. The van der Waals surface area contributed by atoms with E-state index in [2.05, 4.69) is 24.9 Å². The third-order valence-corrected chi connectivity index (χ3v) is 4.72. The zero-order valence-corrected chi connectivity index (χ0v) is 16.0. The second kappa shape index (κ2) is 6.97. The lowest BCUT2D eigenvalue weighted by atomic mass is 10.1. The maximum absolute atomic E-state index is 14.6. The van der Waals surface area contributed by atoms with Crippen molar-refractivity contribution in [2.75, 3.05) is 17.7 Å². The Hall–Kier alpha value is -3.82. The molecule has 148 valence electrons. The number of fused-ring (bicyclic) bond motifs is 1. The third-order valence-electron chi connectivity index (χ3n) is 4.72. The predicted molar refractivity (Wildman–Crippen MR) is 104 cm³/mol. The largest absolute Gasteiger partial charge is 0.496 e. The Morgan fingerprint density at radius 3 is 2.79 bits per heavy atom. The molecule has 0 aromatic carbocycles. The van der Waals surface area contributed by atoms with Crippen molar-refractivity contribution in [3.8, 4) is 5.75 Å². The van der Waals surface area contributed by atoms with Crippen LogP contribution >= 0.6 is 0 Å². The number of aromatic nitrogens is 5. The minimum Gasteiger partial charge on any atom is -0.496 e. The van der Waals surface area contributed by atoms with Gasteiger partial charge in [0.05, 0.1) is 30.5 Å². The van der Waals surface area contributed by atoms with Gasteiger partial charge in [0.2, 0.25) is 11.9 Å². The number of amides is 1. The number of pyridine rings is 1. The molecule has 0 radical (unpaired) electrons. The van der Waals surface area contributed by atoms with Crippen LogP contribution in [0, 0.1) is 19.8 Å². The lowest BCUT2D eigenvalue weighted by Gasteiger charge is -2.18. The van der Waals surface area contributed by atoms with Crippen molar-refractivity contribution in [3.63, 3.8) is 0 Å². The van der Waals surface area contributed by atoms with Crippen LogP contribution in [-0.4, -0.2) is 37.9 Å². The van der Waals surface area contributed by atoms with E-state index >= 15 is 0 Å². The summed E-state index contributed by atoms with van der Waals surface area (Å²) in [6.07, 6.45) is 6.26. The van der Waals surface area contributed by atoms with Crippen LogP contribution in [0.5, 0.6) is 5.75 Å². The molecule has 0 atom stereocenters. The van der Waals surface area contributed by atoms with Crippen molar-refractivity contribution >= 4 is 29.3 Å². The lowest BCUT2D eigenvalue weighted by Crippen LogP contribution is -2.27. The first-order chi connectivity index (χ1) is 13.9. The van der Waals surface area contributed by atoms with Crippen molar-refractivity contribution in [1.29, 1.82) is 0 Å². The molecule has 0 bridgehead atoms. The van der Waals surface area contributed by atoms with Gasteiger partial charge in [-0.25, -0.2) is 4.98 Å². The Kier molecular flexibility index (Phi) is 4.45. The molecule has 29 heavy (non-hydrogen) atoms. The van der Waals surface area contributed by atoms with Gasteiger partial charge >= 0.3 is 0 Å². The fourth-order valence-corrected chi connectivity index (χ4v) is 3.37. The maximum Gasteiger partial charge on any atom is 0.260 e. The van der Waals surface area contributed by atoms with Crippen LogP contribution in [-0.2, 0) is 11.3 Å². The number of anilines is 2. The Labute approximate surface area is 165 Å². The van der Waals surface area contributed by atoms with Gasteiger partial charge in [-0.3, -0.25) is 14.7 Å². The zero-order valence-electron chi connectivity index (χ0n) is 16.0. The van der Waals surface area contributed by atoms with E-state index in [1.807, 2.05) is 13.8 Å². The lowest BCUT2D eigenvalue weighted by molar-refractivity contribution is -0.113. The SMILES string of the molecule is COc1c(C)cnc(CN2C(=O)C(=Cc3ncc[nH]3)c3c(F)nc(N)nc32)c1C. The van der Waals surface area contributed by atoms with Crippen molar-refractivity contribution in [2.45, 2.75) is 20.4 Å². The minimum atomic E-state index is -0.868. The van der Waals surface area contributed by atoms with E-state index in [-0.39, 0.29) is 29.4 Å². The molecule has 1 aliphatic heterocycles. The minimum absolute atomic E-state index is 0.0164. The van der Waals surface area contributed by atoms with Gasteiger partial charge < -0.3 is 15.5 Å². The molecule has 0 fully saturated rings. The molecule has 1 aliphatic rings. The van der Waals surface area contributed by atoms with Gasteiger partial charge in [0.25, 0.3) is 5.91 Å². The number of hydrogen-bond acceptors (Lipinski definition) is 7. The number of carbonyl (C=O) groups is 1. The molecule has 4 heterocycles. The van der Waals surface area contributed by atoms with E-state index in [9.17, 15) is 9.18 Å². The predicted octanol–water partition coefficient (Wildman–Crippen LogP) is 2.03. The second-order valence-corrected chi connectivity index (χ2v) is 6.54. The van der Waals surface area contributed by atoms with Crippen molar-refractivity contribution < 1.29 is 13.9 Å². The first kappa shape index (κ1) is 18.5. The van der Waals surface area contributed by atoms with Gasteiger partial charge in [0.1, 0.15) is 11.6 Å². The molecule has 3 aromatic rings. The Morgan fingerprint density at radius 1 is 1.31 bits per heavy atom. The summed E-state index contributed by atoms with van der Waals surface area (Å²) >= 11 is 0. The highest BCUT2D eigenvalue weighted by Gasteiger charge is 2.38. The molecule has 0 saturated carbocycles. The molecule has 1 amide bonds. The summed E-state index contributed by atoms with van der Waals surface area (Å²) < 4.78 is 20.1. The van der Waals surface area contributed by atoms with Gasteiger partial charge in [-0.2, -0.15) is 14.4 Å². The number of nitrogens with zero attached hydrogens (tertiary/aromatic N) is 5. The number of H-pyrrole nitrogens is 1. The number of nitrogens with one attached hydrogen (secondary N) is 1. The maximum atomic E-state index is 14.6. The smallest absolute Gasteiger partial charge is 0.260 e. The standard InChI is InChI=1S/C19H18FN7O2/c1-9-7-24-12(10(2)15(9)29-3)8-27-17-14(16(20)25-19(21)26-17)11(18(27)28)6-13-22-4-5-23-13/h4-7H,8H2,1-3H3,(H,22,23)(H2,21,25,26). The van der Waals surface area contributed by atoms with E-state index in [1.54, 1.807) is 19.5 Å². The summed E-state index contributed by atoms with van der Waals surface area (Å²) in [7, 11) is 1.57. The summed E-state index contributed by atoms with van der Waals surface area (Å²) in [5.41, 5.74) is 7.97. The van der Waals surface area contributed by atoms with Crippen LogP contribution < -0.4 is 15.4 Å².